The number of imide groups is 1. The summed E-state index contributed by atoms with van der Waals surface area (Å²) in [5.41, 5.74) is 1.27. The van der Waals surface area contributed by atoms with Crippen molar-refractivity contribution in [2.45, 2.75) is 63.0 Å². The van der Waals surface area contributed by atoms with E-state index in [9.17, 15) is 9.59 Å². The van der Waals surface area contributed by atoms with Crippen LogP contribution in [0.4, 0.5) is 0 Å². The molecular weight excluding hydrogens is 394 g/mol. The number of carbonyl (C=O) groups excluding carboxylic acids is 2. The molecule has 0 atom stereocenters. The fourth-order valence-electron chi connectivity index (χ4n) is 4.12. The lowest BCUT2D eigenvalue weighted by atomic mass is 9.94. The fraction of sp³-hybridized carbons (Fsp3) is 0.360. The monoisotopic (exact) mass is 421 g/mol. The maximum absolute atomic E-state index is 13.5. The maximum Gasteiger partial charge on any atom is 0.268 e. The van der Waals surface area contributed by atoms with Crippen LogP contribution in [0.5, 0.6) is 5.75 Å². The number of hydrogen-bond donors (Lipinski definition) is 0. The molecule has 4 nitrogen and oxygen atoms in total. The molecule has 0 unspecified atom stereocenters. The summed E-state index contributed by atoms with van der Waals surface area (Å²) in [5.74, 6) is 0.439. The summed E-state index contributed by atoms with van der Waals surface area (Å²) < 4.78 is 5.74. The molecule has 4 rings (SSSR count). The molecule has 2 amide bonds. The molecule has 2 aliphatic rings. The number of rotatable bonds is 6. The van der Waals surface area contributed by atoms with Gasteiger partial charge in [0, 0.05) is 10.9 Å². The predicted molar refractivity (Wildman–Crippen MR) is 120 cm³/mol. The largest absolute Gasteiger partial charge is 0.491 e. The van der Waals surface area contributed by atoms with Crippen LogP contribution in [0.25, 0.3) is 5.57 Å². The molecule has 2 aromatic rings. The van der Waals surface area contributed by atoms with Crippen LogP contribution in [-0.4, -0.2) is 28.9 Å². The highest BCUT2D eigenvalue weighted by Gasteiger charge is 2.43. The van der Waals surface area contributed by atoms with Crippen molar-refractivity contribution in [1.29, 1.82) is 0 Å². The van der Waals surface area contributed by atoms with E-state index in [4.69, 9.17) is 4.74 Å². The lowest BCUT2D eigenvalue weighted by Gasteiger charge is -2.29. The van der Waals surface area contributed by atoms with Gasteiger partial charge in [0.1, 0.15) is 5.75 Å². The summed E-state index contributed by atoms with van der Waals surface area (Å²) in [6.45, 7) is 3.96. The molecule has 2 aromatic carbocycles. The lowest BCUT2D eigenvalue weighted by molar-refractivity contribution is -0.139. The highest BCUT2D eigenvalue weighted by molar-refractivity contribution is 8.04. The Morgan fingerprint density at radius 3 is 2.20 bits per heavy atom. The number of nitrogens with zero attached hydrogens (tertiary/aromatic N) is 1. The highest BCUT2D eigenvalue weighted by Crippen LogP contribution is 2.42. The van der Waals surface area contributed by atoms with Gasteiger partial charge in [0.05, 0.1) is 16.6 Å². The molecule has 0 radical (unpaired) electrons. The van der Waals surface area contributed by atoms with Crippen LogP contribution < -0.4 is 4.74 Å². The van der Waals surface area contributed by atoms with Crippen molar-refractivity contribution in [2.75, 3.05) is 0 Å². The van der Waals surface area contributed by atoms with Crippen molar-refractivity contribution in [2.24, 2.45) is 0 Å². The van der Waals surface area contributed by atoms with Crippen LogP contribution in [-0.2, 0) is 9.59 Å². The van der Waals surface area contributed by atoms with Crippen molar-refractivity contribution < 1.29 is 14.3 Å². The van der Waals surface area contributed by atoms with Gasteiger partial charge in [-0.25, -0.2) is 0 Å². The van der Waals surface area contributed by atoms with Crippen molar-refractivity contribution in [1.82, 2.24) is 4.90 Å². The second kappa shape index (κ2) is 9.09. The number of ether oxygens (including phenoxy) is 1. The Balaban J connectivity index is 1.71. The van der Waals surface area contributed by atoms with Gasteiger partial charge in [-0.15, -0.1) is 0 Å². The van der Waals surface area contributed by atoms with E-state index in [1.165, 1.54) is 23.1 Å². The van der Waals surface area contributed by atoms with Crippen LogP contribution in [0.3, 0.4) is 0 Å². The van der Waals surface area contributed by atoms with Gasteiger partial charge in [0.25, 0.3) is 11.8 Å². The zero-order valence-corrected chi connectivity index (χ0v) is 18.3. The fourth-order valence-corrected chi connectivity index (χ4v) is 5.15. The molecule has 0 aromatic heterocycles. The molecular formula is C25H27NO3S. The van der Waals surface area contributed by atoms with Gasteiger partial charge in [-0.2, -0.15) is 0 Å². The Kier molecular flexibility index (Phi) is 6.28. The summed E-state index contributed by atoms with van der Waals surface area (Å²) in [6.07, 6.45) is 5.19. The molecule has 0 N–H and O–H groups in total. The van der Waals surface area contributed by atoms with Gasteiger partial charge in [-0.3, -0.25) is 14.5 Å². The summed E-state index contributed by atoms with van der Waals surface area (Å²) >= 11 is 1.38. The van der Waals surface area contributed by atoms with E-state index in [2.05, 4.69) is 0 Å². The Bertz CT molecular complexity index is 944. The number of hydrogen-bond acceptors (Lipinski definition) is 4. The van der Waals surface area contributed by atoms with Gasteiger partial charge in [0.2, 0.25) is 0 Å². The first kappa shape index (κ1) is 20.7. The molecule has 0 spiro atoms. The van der Waals surface area contributed by atoms with E-state index in [-0.39, 0.29) is 24.0 Å². The Morgan fingerprint density at radius 2 is 1.57 bits per heavy atom. The SMILES string of the molecule is CC(C)Oc1ccc(C2=C(Sc3ccccc3)C(=O)N(C3CCCCC3)C2=O)cc1. The first-order valence-electron chi connectivity index (χ1n) is 10.7. The van der Waals surface area contributed by atoms with Crippen molar-refractivity contribution >= 4 is 29.1 Å². The van der Waals surface area contributed by atoms with E-state index in [0.29, 0.717) is 10.5 Å². The first-order valence-corrected chi connectivity index (χ1v) is 11.5. The molecule has 1 aliphatic heterocycles. The number of carbonyl (C=O) groups is 2. The second-order valence-electron chi connectivity index (χ2n) is 8.08. The van der Waals surface area contributed by atoms with E-state index in [1.54, 1.807) is 0 Å². The molecule has 1 aliphatic carbocycles. The summed E-state index contributed by atoms with van der Waals surface area (Å²) in [6, 6.07) is 17.3. The average molecular weight is 422 g/mol. The minimum absolute atomic E-state index is 0.00571. The Labute approximate surface area is 182 Å². The number of amides is 2. The topological polar surface area (TPSA) is 46.6 Å². The second-order valence-corrected chi connectivity index (χ2v) is 9.17. The van der Waals surface area contributed by atoms with E-state index < -0.39 is 0 Å². The zero-order valence-electron chi connectivity index (χ0n) is 17.5. The molecule has 1 saturated carbocycles. The Hall–Kier alpha value is -2.53. The van der Waals surface area contributed by atoms with Crippen molar-refractivity contribution in [3.8, 4) is 5.75 Å². The smallest absolute Gasteiger partial charge is 0.268 e. The van der Waals surface area contributed by atoms with Gasteiger partial charge in [-0.05, 0) is 56.5 Å². The van der Waals surface area contributed by atoms with Gasteiger partial charge < -0.3 is 4.74 Å². The first-order chi connectivity index (χ1) is 14.5. The van der Waals surface area contributed by atoms with Crippen LogP contribution in [0.2, 0.25) is 0 Å². The molecule has 156 valence electrons. The minimum Gasteiger partial charge on any atom is -0.491 e. The predicted octanol–water partition coefficient (Wildman–Crippen LogP) is 5.68. The van der Waals surface area contributed by atoms with Gasteiger partial charge in [-0.1, -0.05) is 61.4 Å². The number of thioether (sulfide) groups is 1. The third-order valence-corrected chi connectivity index (χ3v) is 6.58. The van der Waals surface area contributed by atoms with E-state index >= 15 is 0 Å². The van der Waals surface area contributed by atoms with E-state index in [1.807, 2.05) is 68.4 Å². The molecule has 30 heavy (non-hydrogen) atoms. The highest BCUT2D eigenvalue weighted by atomic mass is 32.2. The van der Waals surface area contributed by atoms with Crippen molar-refractivity contribution in [3.63, 3.8) is 0 Å². The van der Waals surface area contributed by atoms with Crippen molar-refractivity contribution in [3.05, 3.63) is 65.1 Å². The minimum atomic E-state index is -0.164. The van der Waals surface area contributed by atoms with Gasteiger partial charge >= 0.3 is 0 Å². The zero-order chi connectivity index (χ0) is 21.1. The molecule has 5 heteroatoms. The van der Waals surface area contributed by atoms with Crippen LogP contribution in [0.15, 0.2) is 64.4 Å². The van der Waals surface area contributed by atoms with Crippen LogP contribution in [0, 0.1) is 0 Å². The summed E-state index contributed by atoms with van der Waals surface area (Å²) in [5, 5.41) is 0. The summed E-state index contributed by atoms with van der Waals surface area (Å²) in [7, 11) is 0. The lowest BCUT2D eigenvalue weighted by Crippen LogP contribution is -2.42. The van der Waals surface area contributed by atoms with Gasteiger partial charge in [0.15, 0.2) is 0 Å². The van der Waals surface area contributed by atoms with Crippen LogP contribution >= 0.6 is 11.8 Å². The quantitative estimate of drug-likeness (QED) is 0.563. The molecule has 0 bridgehead atoms. The third-order valence-electron chi connectivity index (χ3n) is 5.49. The Morgan fingerprint density at radius 1 is 0.900 bits per heavy atom. The average Bonchev–Trinajstić information content (AvgIpc) is 2.99. The summed E-state index contributed by atoms with van der Waals surface area (Å²) in [4.78, 5) is 29.9. The van der Waals surface area contributed by atoms with E-state index in [0.717, 1.165) is 41.9 Å². The molecule has 1 fully saturated rings. The standard InChI is InChI=1S/C25H27NO3S/c1-17(2)29-20-15-13-18(14-16-20)22-23(30-21-11-7-4-8-12-21)25(28)26(24(22)27)19-9-5-3-6-10-19/h4,7-8,11-17,19H,3,5-6,9-10H2,1-2H3. The normalized spacial score (nSPS) is 17.9. The maximum atomic E-state index is 13.5. The molecule has 1 heterocycles. The third kappa shape index (κ3) is 4.31. The van der Waals surface area contributed by atoms with Crippen LogP contribution in [0.1, 0.15) is 51.5 Å². The number of benzene rings is 2. The molecule has 0 saturated heterocycles.